The van der Waals surface area contributed by atoms with Crippen molar-refractivity contribution in [3.63, 3.8) is 0 Å². The summed E-state index contributed by atoms with van der Waals surface area (Å²) in [5.74, 6) is -3.54. The molecule has 0 saturated heterocycles. The lowest BCUT2D eigenvalue weighted by Gasteiger charge is -2.22. The molecule has 10 heteroatoms. The van der Waals surface area contributed by atoms with Crippen molar-refractivity contribution < 1.29 is 29.4 Å². The van der Waals surface area contributed by atoms with Crippen molar-refractivity contribution in [3.8, 4) is 0 Å². The smallest absolute Gasteiger partial charge is 0.326 e. The van der Waals surface area contributed by atoms with Gasteiger partial charge in [0, 0.05) is 6.42 Å². The number of nitrogens with two attached hydrogens (primary N) is 1. The molecule has 30 heavy (non-hydrogen) atoms. The molecule has 166 valence electrons. The van der Waals surface area contributed by atoms with Crippen LogP contribution in [0.2, 0.25) is 0 Å². The van der Waals surface area contributed by atoms with Crippen molar-refractivity contribution in [1.29, 1.82) is 0 Å². The lowest BCUT2D eigenvalue weighted by molar-refractivity contribution is -0.143. The Hall–Kier alpha value is -2.98. The standard InChI is InChI=1S/C20H30N4O6/c1-11(2)17(20(29)30)24-15(26)10-22-18(27)14(9-13-7-5-4-6-8-13)23-19(28)16(21)12(3)25/h4-8,11-12,14,16-17,25H,9-10,21H2,1-3H3,(H,22,27)(H,23,28)(H,24,26)(H,29,30). The summed E-state index contributed by atoms with van der Waals surface area (Å²) in [6.07, 6.45) is -0.976. The molecule has 0 heterocycles. The highest BCUT2D eigenvalue weighted by Crippen LogP contribution is 2.05. The van der Waals surface area contributed by atoms with Crippen LogP contribution < -0.4 is 21.7 Å². The monoisotopic (exact) mass is 422 g/mol. The van der Waals surface area contributed by atoms with Gasteiger partial charge in [0.2, 0.25) is 17.7 Å². The average molecular weight is 422 g/mol. The van der Waals surface area contributed by atoms with Gasteiger partial charge in [0.1, 0.15) is 18.1 Å². The summed E-state index contributed by atoms with van der Waals surface area (Å²) in [5.41, 5.74) is 6.38. The van der Waals surface area contributed by atoms with Gasteiger partial charge in [-0.1, -0.05) is 44.2 Å². The fraction of sp³-hybridized carbons (Fsp3) is 0.500. The van der Waals surface area contributed by atoms with E-state index in [9.17, 15) is 24.3 Å². The van der Waals surface area contributed by atoms with E-state index in [0.717, 1.165) is 5.56 Å². The van der Waals surface area contributed by atoms with E-state index < -0.39 is 54.5 Å². The molecule has 4 atom stereocenters. The Morgan fingerprint density at radius 3 is 2.10 bits per heavy atom. The average Bonchev–Trinajstić information content (AvgIpc) is 2.69. The largest absolute Gasteiger partial charge is 0.480 e. The molecule has 1 aromatic carbocycles. The van der Waals surface area contributed by atoms with Crippen LogP contribution >= 0.6 is 0 Å². The molecule has 0 aromatic heterocycles. The highest BCUT2D eigenvalue weighted by molar-refractivity contribution is 5.92. The minimum absolute atomic E-state index is 0.135. The van der Waals surface area contributed by atoms with Crippen molar-refractivity contribution in [3.05, 3.63) is 35.9 Å². The molecule has 0 saturated carbocycles. The van der Waals surface area contributed by atoms with E-state index in [1.54, 1.807) is 44.2 Å². The number of aliphatic carboxylic acids is 1. The molecular formula is C20H30N4O6. The first-order chi connectivity index (χ1) is 14.0. The second-order valence-electron chi connectivity index (χ2n) is 7.36. The van der Waals surface area contributed by atoms with Crippen molar-refractivity contribution in [2.75, 3.05) is 6.54 Å². The molecule has 3 amide bonds. The fourth-order valence-electron chi connectivity index (χ4n) is 2.57. The number of rotatable bonds is 11. The van der Waals surface area contributed by atoms with Gasteiger partial charge in [-0.3, -0.25) is 14.4 Å². The van der Waals surface area contributed by atoms with Crippen molar-refractivity contribution >= 4 is 23.7 Å². The van der Waals surface area contributed by atoms with Gasteiger partial charge < -0.3 is 31.9 Å². The van der Waals surface area contributed by atoms with Gasteiger partial charge in [-0.15, -0.1) is 0 Å². The number of carboxylic acids is 1. The third-order valence-electron chi connectivity index (χ3n) is 4.41. The van der Waals surface area contributed by atoms with Crippen molar-refractivity contribution in [1.82, 2.24) is 16.0 Å². The van der Waals surface area contributed by atoms with E-state index >= 15 is 0 Å². The maximum Gasteiger partial charge on any atom is 0.326 e. The Labute approximate surface area is 175 Å². The van der Waals surface area contributed by atoms with E-state index in [2.05, 4.69) is 16.0 Å². The van der Waals surface area contributed by atoms with E-state index in [0.29, 0.717) is 0 Å². The first-order valence-electron chi connectivity index (χ1n) is 9.60. The lowest BCUT2D eigenvalue weighted by atomic mass is 10.0. The van der Waals surface area contributed by atoms with E-state index in [4.69, 9.17) is 10.8 Å². The number of carbonyl (C=O) groups is 4. The van der Waals surface area contributed by atoms with Gasteiger partial charge in [0.25, 0.3) is 0 Å². The fourth-order valence-corrected chi connectivity index (χ4v) is 2.57. The SMILES string of the molecule is CC(C)C(NC(=O)CNC(=O)C(Cc1ccccc1)NC(=O)C(N)C(C)O)C(=O)O. The first kappa shape index (κ1) is 25.1. The number of hydrogen-bond acceptors (Lipinski definition) is 6. The zero-order valence-electron chi connectivity index (χ0n) is 17.3. The second-order valence-corrected chi connectivity index (χ2v) is 7.36. The molecular weight excluding hydrogens is 392 g/mol. The maximum absolute atomic E-state index is 12.6. The highest BCUT2D eigenvalue weighted by Gasteiger charge is 2.27. The van der Waals surface area contributed by atoms with Gasteiger partial charge in [-0.05, 0) is 18.4 Å². The molecule has 0 aliphatic carbocycles. The van der Waals surface area contributed by atoms with Crippen LogP contribution in [-0.4, -0.2) is 64.7 Å². The number of aliphatic hydroxyl groups excluding tert-OH is 1. The van der Waals surface area contributed by atoms with Crippen LogP contribution in [0.3, 0.4) is 0 Å². The quantitative estimate of drug-likeness (QED) is 0.259. The van der Waals surface area contributed by atoms with Crippen LogP contribution in [-0.2, 0) is 25.6 Å². The number of benzene rings is 1. The Morgan fingerprint density at radius 2 is 1.60 bits per heavy atom. The van der Waals surface area contributed by atoms with E-state index in [1.165, 1.54) is 6.92 Å². The highest BCUT2D eigenvalue weighted by atomic mass is 16.4. The molecule has 10 nitrogen and oxygen atoms in total. The number of amides is 3. The molecule has 0 aliphatic heterocycles. The summed E-state index contributed by atoms with van der Waals surface area (Å²) in [5, 5.41) is 25.9. The van der Waals surface area contributed by atoms with E-state index in [-0.39, 0.29) is 12.3 Å². The van der Waals surface area contributed by atoms with Crippen LogP contribution in [0.4, 0.5) is 0 Å². The molecule has 0 radical (unpaired) electrons. The molecule has 7 N–H and O–H groups in total. The summed E-state index contributed by atoms with van der Waals surface area (Å²) in [6, 6.07) is 5.55. The number of carbonyl (C=O) groups excluding carboxylic acids is 3. The van der Waals surface area contributed by atoms with Crippen LogP contribution in [0.5, 0.6) is 0 Å². The van der Waals surface area contributed by atoms with Crippen LogP contribution in [0.25, 0.3) is 0 Å². The molecule has 1 rings (SSSR count). The topological polar surface area (TPSA) is 171 Å². The molecule has 0 spiro atoms. The summed E-state index contributed by atoms with van der Waals surface area (Å²) in [4.78, 5) is 48.0. The molecule has 4 unspecified atom stereocenters. The zero-order chi connectivity index (χ0) is 22.8. The summed E-state index contributed by atoms with van der Waals surface area (Å²) in [7, 11) is 0. The molecule has 0 fully saturated rings. The van der Waals surface area contributed by atoms with E-state index in [1.807, 2.05) is 0 Å². The van der Waals surface area contributed by atoms with Gasteiger partial charge in [-0.2, -0.15) is 0 Å². The molecule has 1 aromatic rings. The Kier molecular flexibility index (Phi) is 9.93. The van der Waals surface area contributed by atoms with Crippen LogP contribution in [0.1, 0.15) is 26.3 Å². The minimum atomic E-state index is -1.22. The third kappa shape index (κ3) is 8.18. The molecule has 0 bridgehead atoms. The Balaban J connectivity index is 2.80. The zero-order valence-corrected chi connectivity index (χ0v) is 17.3. The van der Waals surface area contributed by atoms with Crippen molar-refractivity contribution in [2.45, 2.75) is 51.4 Å². The predicted molar refractivity (Wildman–Crippen MR) is 109 cm³/mol. The minimum Gasteiger partial charge on any atom is -0.480 e. The van der Waals surface area contributed by atoms with Gasteiger partial charge in [-0.25, -0.2) is 4.79 Å². The summed E-state index contributed by atoms with van der Waals surface area (Å²) < 4.78 is 0. The summed E-state index contributed by atoms with van der Waals surface area (Å²) in [6.45, 7) is 4.19. The second kappa shape index (κ2) is 11.9. The normalized spacial score (nSPS) is 14.9. The number of aliphatic hydroxyl groups is 1. The van der Waals surface area contributed by atoms with Crippen molar-refractivity contribution in [2.24, 2.45) is 11.7 Å². The third-order valence-corrected chi connectivity index (χ3v) is 4.41. The number of nitrogens with one attached hydrogen (secondary N) is 3. The molecule has 0 aliphatic rings. The number of carboxylic acid groups (broad SMARTS) is 1. The van der Waals surface area contributed by atoms with Gasteiger partial charge in [0.15, 0.2) is 0 Å². The summed E-state index contributed by atoms with van der Waals surface area (Å²) >= 11 is 0. The Morgan fingerprint density at radius 1 is 1.00 bits per heavy atom. The van der Waals surface area contributed by atoms with Crippen LogP contribution in [0, 0.1) is 5.92 Å². The predicted octanol–water partition coefficient (Wildman–Crippen LogP) is -1.24. The van der Waals surface area contributed by atoms with Gasteiger partial charge in [0.05, 0.1) is 12.6 Å². The number of hydrogen-bond donors (Lipinski definition) is 6. The Bertz CT molecular complexity index is 738. The first-order valence-corrected chi connectivity index (χ1v) is 9.60. The lowest BCUT2D eigenvalue weighted by Crippen LogP contribution is -2.56. The van der Waals surface area contributed by atoms with Gasteiger partial charge >= 0.3 is 5.97 Å². The maximum atomic E-state index is 12.6. The van der Waals surface area contributed by atoms with Crippen LogP contribution in [0.15, 0.2) is 30.3 Å².